The maximum Gasteiger partial charge on any atom is 0.238 e. The van der Waals surface area contributed by atoms with Gasteiger partial charge in [-0.1, -0.05) is 61.0 Å². The van der Waals surface area contributed by atoms with Crippen molar-refractivity contribution in [3.05, 3.63) is 83.9 Å². The van der Waals surface area contributed by atoms with Crippen LogP contribution in [0.3, 0.4) is 0 Å². The van der Waals surface area contributed by atoms with Crippen LogP contribution in [0.4, 0.5) is 0 Å². The van der Waals surface area contributed by atoms with Gasteiger partial charge in [-0.25, -0.2) is 13.6 Å². The summed E-state index contributed by atoms with van der Waals surface area (Å²) in [6, 6.07) is 21.3. The number of carbonyl (C=O) groups is 2. The van der Waals surface area contributed by atoms with Gasteiger partial charge in [0.05, 0.1) is 12.0 Å². The number of nitrogens with two attached hydrogens (primary N) is 1. The van der Waals surface area contributed by atoms with Gasteiger partial charge in [-0.15, -0.1) is 0 Å². The van der Waals surface area contributed by atoms with Gasteiger partial charge < -0.3 is 15.4 Å². The summed E-state index contributed by atoms with van der Waals surface area (Å²) < 4.78 is 29.0. The van der Waals surface area contributed by atoms with Crippen LogP contribution in [0.1, 0.15) is 30.4 Å². The van der Waals surface area contributed by atoms with Crippen molar-refractivity contribution >= 4 is 21.8 Å². The molecule has 2 atom stereocenters. The number of rotatable bonds is 9. The van der Waals surface area contributed by atoms with Crippen molar-refractivity contribution in [3.8, 4) is 16.9 Å². The fourth-order valence-corrected chi connectivity index (χ4v) is 5.49. The zero-order chi connectivity index (χ0) is 26.4. The third-order valence-electron chi connectivity index (χ3n) is 6.74. The average Bonchev–Trinajstić information content (AvgIpc) is 3.41. The summed E-state index contributed by atoms with van der Waals surface area (Å²) >= 11 is 0. The summed E-state index contributed by atoms with van der Waals surface area (Å²) in [6.45, 7) is 0.710. The number of primary sulfonamides is 1. The Morgan fingerprint density at radius 1 is 0.838 bits per heavy atom. The zero-order valence-corrected chi connectivity index (χ0v) is 21.5. The van der Waals surface area contributed by atoms with Crippen LogP contribution in [0.15, 0.2) is 77.7 Å². The molecule has 2 amide bonds. The number of nitrogens with one attached hydrogen (secondary N) is 2. The number of ether oxygens (including phenoxy) is 1. The molecule has 1 fully saturated rings. The van der Waals surface area contributed by atoms with Crippen LogP contribution in [0.25, 0.3) is 11.1 Å². The highest BCUT2D eigenvalue weighted by Gasteiger charge is 2.37. The SMILES string of the molecule is COc1ccc(CNC(=O)[C@@H]2CCC[C@H]2C(=O)NCc2ccc(-c3ccccc3S(N)(=O)=O)cc2)cc1. The van der Waals surface area contributed by atoms with E-state index >= 15 is 0 Å². The quantitative estimate of drug-likeness (QED) is 0.398. The molecule has 0 saturated heterocycles. The number of sulfonamides is 1. The molecule has 1 aliphatic carbocycles. The van der Waals surface area contributed by atoms with Gasteiger partial charge in [-0.2, -0.15) is 0 Å². The lowest BCUT2D eigenvalue weighted by Gasteiger charge is -2.19. The molecule has 0 bridgehead atoms. The predicted octanol–water partition coefficient (Wildman–Crippen LogP) is 3.36. The van der Waals surface area contributed by atoms with Gasteiger partial charge in [0.25, 0.3) is 0 Å². The molecule has 37 heavy (non-hydrogen) atoms. The predicted molar refractivity (Wildman–Crippen MR) is 141 cm³/mol. The van der Waals surface area contributed by atoms with E-state index in [2.05, 4.69) is 10.6 Å². The van der Waals surface area contributed by atoms with Crippen molar-refractivity contribution in [1.82, 2.24) is 10.6 Å². The third-order valence-corrected chi connectivity index (χ3v) is 7.71. The molecule has 1 aliphatic rings. The van der Waals surface area contributed by atoms with E-state index in [0.717, 1.165) is 23.3 Å². The number of carbonyl (C=O) groups excluding carboxylic acids is 2. The van der Waals surface area contributed by atoms with E-state index in [1.165, 1.54) is 6.07 Å². The van der Waals surface area contributed by atoms with E-state index in [1.54, 1.807) is 37.4 Å². The molecule has 1 saturated carbocycles. The Morgan fingerprint density at radius 2 is 1.35 bits per heavy atom. The molecule has 0 radical (unpaired) electrons. The van der Waals surface area contributed by atoms with Crippen molar-refractivity contribution in [3.63, 3.8) is 0 Å². The molecule has 3 aromatic carbocycles. The van der Waals surface area contributed by atoms with Crippen LogP contribution < -0.4 is 20.5 Å². The molecule has 0 aromatic heterocycles. The van der Waals surface area contributed by atoms with Crippen LogP contribution in [0.5, 0.6) is 5.75 Å². The van der Waals surface area contributed by atoms with Crippen molar-refractivity contribution in [2.24, 2.45) is 17.0 Å². The number of amides is 2. The first-order chi connectivity index (χ1) is 17.8. The lowest BCUT2D eigenvalue weighted by molar-refractivity contribution is -0.133. The Kier molecular flexibility index (Phi) is 8.25. The molecular weight excluding hydrogens is 490 g/mol. The van der Waals surface area contributed by atoms with E-state index in [9.17, 15) is 18.0 Å². The molecule has 8 nitrogen and oxygen atoms in total. The molecule has 194 valence electrons. The van der Waals surface area contributed by atoms with Crippen molar-refractivity contribution in [1.29, 1.82) is 0 Å². The Bertz CT molecular complexity index is 1360. The smallest absolute Gasteiger partial charge is 0.238 e. The maximum atomic E-state index is 12.9. The molecule has 0 heterocycles. The summed E-state index contributed by atoms with van der Waals surface area (Å²) in [5.41, 5.74) is 3.06. The molecule has 0 unspecified atom stereocenters. The summed E-state index contributed by atoms with van der Waals surface area (Å²) in [5.74, 6) is -0.199. The lowest BCUT2D eigenvalue weighted by Crippen LogP contribution is -2.39. The minimum absolute atomic E-state index is 0.0635. The number of benzene rings is 3. The van der Waals surface area contributed by atoms with Gasteiger partial charge in [0.1, 0.15) is 5.75 Å². The molecule has 4 rings (SSSR count). The van der Waals surface area contributed by atoms with Gasteiger partial charge in [0.2, 0.25) is 21.8 Å². The van der Waals surface area contributed by atoms with Gasteiger partial charge in [0, 0.05) is 30.5 Å². The molecule has 0 spiro atoms. The van der Waals surface area contributed by atoms with Gasteiger partial charge in [-0.05, 0) is 47.7 Å². The molecule has 4 N–H and O–H groups in total. The minimum Gasteiger partial charge on any atom is -0.497 e. The highest BCUT2D eigenvalue weighted by molar-refractivity contribution is 7.89. The van der Waals surface area contributed by atoms with Gasteiger partial charge in [0.15, 0.2) is 0 Å². The van der Waals surface area contributed by atoms with E-state index in [0.29, 0.717) is 37.1 Å². The summed E-state index contributed by atoms with van der Waals surface area (Å²) in [6.07, 6.45) is 2.19. The molecule has 0 aliphatic heterocycles. The van der Waals surface area contributed by atoms with Crippen LogP contribution in [-0.2, 0) is 32.7 Å². The second-order valence-electron chi connectivity index (χ2n) is 9.17. The van der Waals surface area contributed by atoms with Crippen molar-refractivity contribution < 1.29 is 22.7 Å². The van der Waals surface area contributed by atoms with E-state index in [1.807, 2.05) is 36.4 Å². The topological polar surface area (TPSA) is 128 Å². The van der Waals surface area contributed by atoms with E-state index in [-0.39, 0.29) is 28.5 Å². The highest BCUT2D eigenvalue weighted by atomic mass is 32.2. The largest absolute Gasteiger partial charge is 0.497 e. The minimum atomic E-state index is -3.85. The third kappa shape index (κ3) is 6.55. The van der Waals surface area contributed by atoms with Crippen LogP contribution in [0.2, 0.25) is 0 Å². The monoisotopic (exact) mass is 521 g/mol. The summed E-state index contributed by atoms with van der Waals surface area (Å²) in [5, 5.41) is 11.3. The van der Waals surface area contributed by atoms with Gasteiger partial charge in [-0.3, -0.25) is 9.59 Å². The Balaban J connectivity index is 1.33. The van der Waals surface area contributed by atoms with Gasteiger partial charge >= 0.3 is 0 Å². The van der Waals surface area contributed by atoms with E-state index < -0.39 is 10.0 Å². The first kappa shape index (κ1) is 26.4. The normalized spacial score (nSPS) is 17.2. The molecule has 3 aromatic rings. The van der Waals surface area contributed by atoms with Crippen LogP contribution >= 0.6 is 0 Å². The first-order valence-corrected chi connectivity index (χ1v) is 13.7. The average molecular weight is 522 g/mol. The maximum absolute atomic E-state index is 12.9. The standard InChI is InChI=1S/C28H31N3O5S/c1-36-22-15-11-20(12-16-22)18-31-28(33)25-7-4-6-24(25)27(32)30-17-19-9-13-21(14-10-19)23-5-2-3-8-26(23)37(29,34)35/h2-3,5,8-16,24-25H,4,6-7,17-18H2,1H3,(H,30,32)(H,31,33)(H2,29,34,35)/t24-,25-/m1/s1. The zero-order valence-electron chi connectivity index (χ0n) is 20.6. The Labute approximate surface area is 217 Å². The fraction of sp³-hybridized carbons (Fsp3) is 0.286. The molecule has 9 heteroatoms. The summed E-state index contributed by atoms with van der Waals surface area (Å²) in [4.78, 5) is 25.8. The van der Waals surface area contributed by atoms with Crippen LogP contribution in [-0.4, -0.2) is 27.3 Å². The number of hydrogen-bond donors (Lipinski definition) is 3. The lowest BCUT2D eigenvalue weighted by atomic mass is 9.94. The fourth-order valence-electron chi connectivity index (χ4n) is 4.73. The Hall–Kier alpha value is -3.69. The molecular formula is C28H31N3O5S. The van der Waals surface area contributed by atoms with Crippen molar-refractivity contribution in [2.45, 2.75) is 37.2 Å². The second-order valence-corrected chi connectivity index (χ2v) is 10.7. The first-order valence-electron chi connectivity index (χ1n) is 12.2. The summed E-state index contributed by atoms with van der Waals surface area (Å²) in [7, 11) is -2.25. The van der Waals surface area contributed by atoms with Crippen LogP contribution in [0, 0.1) is 11.8 Å². The second kappa shape index (κ2) is 11.6. The number of hydrogen-bond acceptors (Lipinski definition) is 5. The van der Waals surface area contributed by atoms with Crippen molar-refractivity contribution in [2.75, 3.05) is 7.11 Å². The van der Waals surface area contributed by atoms with E-state index in [4.69, 9.17) is 9.88 Å². The highest BCUT2D eigenvalue weighted by Crippen LogP contribution is 2.32. The number of methoxy groups -OCH3 is 1. The Morgan fingerprint density at radius 3 is 1.86 bits per heavy atom.